The first-order valence-corrected chi connectivity index (χ1v) is 8.01. The van der Waals surface area contributed by atoms with E-state index in [0.29, 0.717) is 23.4 Å². The monoisotopic (exact) mass is 325 g/mol. The van der Waals surface area contributed by atoms with Crippen LogP contribution in [0.25, 0.3) is 11.0 Å². The molecule has 0 saturated carbocycles. The van der Waals surface area contributed by atoms with Crippen LogP contribution in [0.1, 0.15) is 5.56 Å². The molecule has 1 aliphatic rings. The number of anilines is 1. The molecule has 8 nitrogen and oxygen atoms in total. The van der Waals surface area contributed by atoms with Gasteiger partial charge in [0, 0.05) is 26.2 Å². The van der Waals surface area contributed by atoms with E-state index >= 15 is 0 Å². The van der Waals surface area contributed by atoms with Gasteiger partial charge in [0.05, 0.1) is 6.54 Å². The van der Waals surface area contributed by atoms with E-state index < -0.39 is 0 Å². The van der Waals surface area contributed by atoms with Crippen LogP contribution in [0.2, 0.25) is 0 Å². The summed E-state index contributed by atoms with van der Waals surface area (Å²) < 4.78 is 1.64. The fourth-order valence-electron chi connectivity index (χ4n) is 3.00. The molecule has 0 spiro atoms. The van der Waals surface area contributed by atoms with Crippen LogP contribution in [0.15, 0.2) is 35.1 Å². The maximum atomic E-state index is 12.3. The van der Waals surface area contributed by atoms with E-state index in [1.165, 1.54) is 0 Å². The minimum absolute atomic E-state index is 0.260. The highest BCUT2D eigenvalue weighted by Crippen LogP contribution is 2.20. The summed E-state index contributed by atoms with van der Waals surface area (Å²) in [5.41, 5.74) is 1.85. The minimum Gasteiger partial charge on any atom is -0.351 e. The topological polar surface area (TPSA) is 82.9 Å². The van der Waals surface area contributed by atoms with Crippen molar-refractivity contribution in [2.75, 3.05) is 38.1 Å². The Morgan fingerprint density at radius 2 is 1.88 bits per heavy atom. The van der Waals surface area contributed by atoms with Crippen molar-refractivity contribution in [3.63, 3.8) is 0 Å². The zero-order valence-corrected chi connectivity index (χ0v) is 13.5. The highest BCUT2D eigenvalue weighted by molar-refractivity contribution is 5.84. The average Bonchev–Trinajstić information content (AvgIpc) is 3.02. The normalized spacial score (nSPS) is 16.0. The van der Waals surface area contributed by atoms with E-state index in [1.807, 2.05) is 30.3 Å². The number of benzene rings is 1. The van der Waals surface area contributed by atoms with Crippen LogP contribution in [0.3, 0.4) is 0 Å². The van der Waals surface area contributed by atoms with E-state index in [0.717, 1.165) is 31.7 Å². The molecule has 3 aromatic rings. The van der Waals surface area contributed by atoms with Gasteiger partial charge in [-0.1, -0.05) is 35.5 Å². The van der Waals surface area contributed by atoms with Gasteiger partial charge >= 0.3 is 0 Å². The number of piperazine rings is 1. The number of aromatic amines is 1. The highest BCUT2D eigenvalue weighted by atomic mass is 16.1. The van der Waals surface area contributed by atoms with E-state index in [9.17, 15) is 4.79 Å². The van der Waals surface area contributed by atoms with Crippen LogP contribution in [-0.4, -0.2) is 63.3 Å². The van der Waals surface area contributed by atoms with Crippen molar-refractivity contribution in [1.82, 2.24) is 30.1 Å². The van der Waals surface area contributed by atoms with Gasteiger partial charge in [0.15, 0.2) is 16.9 Å². The predicted molar refractivity (Wildman–Crippen MR) is 91.2 cm³/mol. The Balaban J connectivity index is 1.73. The average molecular weight is 325 g/mol. The van der Waals surface area contributed by atoms with Crippen molar-refractivity contribution < 1.29 is 0 Å². The molecule has 24 heavy (non-hydrogen) atoms. The van der Waals surface area contributed by atoms with Crippen molar-refractivity contribution in [2.45, 2.75) is 6.54 Å². The minimum atomic E-state index is -0.260. The second-order valence-corrected chi connectivity index (χ2v) is 6.10. The van der Waals surface area contributed by atoms with Gasteiger partial charge in [-0.25, -0.2) is 9.78 Å². The first-order valence-electron chi connectivity index (χ1n) is 8.01. The Morgan fingerprint density at radius 3 is 2.62 bits per heavy atom. The molecule has 0 aliphatic carbocycles. The molecule has 124 valence electrons. The Labute approximate surface area is 138 Å². The summed E-state index contributed by atoms with van der Waals surface area (Å²) >= 11 is 0. The fourth-order valence-corrected chi connectivity index (χ4v) is 3.00. The van der Waals surface area contributed by atoms with Crippen LogP contribution >= 0.6 is 0 Å². The van der Waals surface area contributed by atoms with Gasteiger partial charge in [-0.2, -0.15) is 5.10 Å². The summed E-state index contributed by atoms with van der Waals surface area (Å²) in [7, 11) is 2.10. The number of rotatable bonds is 3. The number of likely N-dealkylation sites (N-methyl/N-ethyl adjacent to an activating group) is 1. The van der Waals surface area contributed by atoms with Gasteiger partial charge in [0.1, 0.15) is 0 Å². The summed E-state index contributed by atoms with van der Waals surface area (Å²) in [5.74, 6) is 0.706. The Kier molecular flexibility index (Phi) is 3.73. The molecule has 0 atom stereocenters. The second-order valence-electron chi connectivity index (χ2n) is 6.10. The Bertz CT molecular complexity index is 894. The van der Waals surface area contributed by atoms with E-state index in [-0.39, 0.29) is 5.56 Å². The van der Waals surface area contributed by atoms with Crippen LogP contribution < -0.4 is 10.5 Å². The third kappa shape index (κ3) is 2.65. The van der Waals surface area contributed by atoms with Crippen molar-refractivity contribution >= 4 is 16.9 Å². The Hall–Kier alpha value is -2.74. The lowest BCUT2D eigenvalue weighted by Crippen LogP contribution is -2.45. The second kappa shape index (κ2) is 6.04. The molecular formula is C16H19N7O. The number of aromatic nitrogens is 5. The van der Waals surface area contributed by atoms with Crippen molar-refractivity contribution in [1.29, 1.82) is 0 Å². The van der Waals surface area contributed by atoms with Gasteiger partial charge in [0.25, 0.3) is 5.56 Å². The van der Waals surface area contributed by atoms with Crippen LogP contribution in [0.5, 0.6) is 0 Å². The molecule has 1 saturated heterocycles. The summed E-state index contributed by atoms with van der Waals surface area (Å²) in [6.45, 7) is 4.14. The predicted octanol–water partition coefficient (Wildman–Crippen LogP) is 0.315. The zero-order chi connectivity index (χ0) is 16.5. The van der Waals surface area contributed by atoms with Crippen LogP contribution in [0.4, 0.5) is 5.82 Å². The van der Waals surface area contributed by atoms with Gasteiger partial charge in [-0.05, 0) is 12.6 Å². The summed E-state index contributed by atoms with van der Waals surface area (Å²) in [5, 5.41) is 15.3. The molecule has 3 heterocycles. The van der Waals surface area contributed by atoms with E-state index in [4.69, 9.17) is 0 Å². The van der Waals surface area contributed by atoms with Gasteiger partial charge in [-0.15, -0.1) is 5.10 Å². The maximum Gasteiger partial charge on any atom is 0.292 e. The SMILES string of the molecule is CN1CCN(c2n[nH]c(=O)c3c2nnn3Cc2ccccc2)CC1. The van der Waals surface area contributed by atoms with Gasteiger partial charge in [-0.3, -0.25) is 4.79 Å². The maximum absolute atomic E-state index is 12.3. The molecule has 2 aromatic heterocycles. The number of hydrogen-bond acceptors (Lipinski definition) is 6. The van der Waals surface area contributed by atoms with Crippen molar-refractivity contribution in [2.24, 2.45) is 0 Å². The van der Waals surface area contributed by atoms with Crippen LogP contribution in [-0.2, 0) is 6.54 Å². The molecule has 0 radical (unpaired) electrons. The number of hydrogen-bond donors (Lipinski definition) is 1. The third-order valence-electron chi connectivity index (χ3n) is 4.40. The first kappa shape index (κ1) is 14.8. The first-order chi connectivity index (χ1) is 11.7. The molecule has 0 unspecified atom stereocenters. The number of nitrogens with zero attached hydrogens (tertiary/aromatic N) is 6. The largest absolute Gasteiger partial charge is 0.351 e. The molecule has 4 rings (SSSR count). The lowest BCUT2D eigenvalue weighted by atomic mass is 10.2. The molecule has 1 aromatic carbocycles. The summed E-state index contributed by atoms with van der Waals surface area (Å²) in [6, 6.07) is 9.91. The number of fused-ring (bicyclic) bond motifs is 1. The van der Waals surface area contributed by atoms with Crippen LogP contribution in [0, 0.1) is 0 Å². The standard InChI is InChI=1S/C16H19N7O/c1-21-7-9-22(10-8-21)15-13-14(16(24)19-18-15)23(20-17-13)11-12-5-3-2-4-6-12/h2-6H,7-11H2,1H3,(H,19,24). The highest BCUT2D eigenvalue weighted by Gasteiger charge is 2.22. The summed E-state index contributed by atoms with van der Waals surface area (Å²) in [4.78, 5) is 16.7. The lowest BCUT2D eigenvalue weighted by Gasteiger charge is -2.32. The molecule has 1 aliphatic heterocycles. The molecule has 1 fully saturated rings. The lowest BCUT2D eigenvalue weighted by molar-refractivity contribution is 0.312. The fraction of sp³-hybridized carbons (Fsp3) is 0.375. The van der Waals surface area contributed by atoms with Gasteiger partial charge < -0.3 is 9.80 Å². The van der Waals surface area contributed by atoms with Crippen molar-refractivity contribution in [3.8, 4) is 0 Å². The smallest absolute Gasteiger partial charge is 0.292 e. The molecule has 0 bridgehead atoms. The van der Waals surface area contributed by atoms with E-state index in [2.05, 4.69) is 37.4 Å². The van der Waals surface area contributed by atoms with Gasteiger partial charge in [0.2, 0.25) is 0 Å². The molecule has 1 N–H and O–H groups in total. The quantitative estimate of drug-likeness (QED) is 0.746. The summed E-state index contributed by atoms with van der Waals surface area (Å²) in [6.07, 6.45) is 0. The van der Waals surface area contributed by atoms with Crippen molar-refractivity contribution in [3.05, 3.63) is 46.2 Å². The van der Waals surface area contributed by atoms with E-state index in [1.54, 1.807) is 4.68 Å². The molecule has 8 heteroatoms. The Morgan fingerprint density at radius 1 is 1.12 bits per heavy atom. The molecule has 0 amide bonds. The zero-order valence-electron chi connectivity index (χ0n) is 13.5. The molecular weight excluding hydrogens is 306 g/mol. The number of nitrogens with one attached hydrogen (secondary N) is 1. The third-order valence-corrected chi connectivity index (χ3v) is 4.40. The number of H-pyrrole nitrogens is 1.